The molecule has 0 saturated carbocycles. The Morgan fingerprint density at radius 3 is 2.00 bits per heavy atom. The third kappa shape index (κ3) is 6.66. The van der Waals surface area contributed by atoms with Crippen LogP contribution in [0.15, 0.2) is 12.2 Å². The lowest BCUT2D eigenvalue weighted by Gasteiger charge is -2.30. The van der Waals surface area contributed by atoms with E-state index in [1.54, 1.807) is 21.3 Å². The first-order chi connectivity index (χ1) is 8.31. The Hall–Kier alpha value is -0.203. The van der Waals surface area contributed by atoms with Crippen molar-refractivity contribution in [2.45, 2.75) is 33.2 Å². The van der Waals surface area contributed by atoms with E-state index in [0.717, 1.165) is 18.0 Å². The summed E-state index contributed by atoms with van der Waals surface area (Å²) in [7, 11) is 2.47. The van der Waals surface area contributed by atoms with Crippen LogP contribution < -0.4 is 0 Å². The van der Waals surface area contributed by atoms with Gasteiger partial charge in [-0.3, -0.25) is 0 Å². The summed E-state index contributed by atoms with van der Waals surface area (Å²) in [6.07, 6.45) is 0.935. The Morgan fingerprint density at radius 2 is 1.61 bits per heavy atom. The highest BCUT2D eigenvalue weighted by atomic mass is 28.4. The number of ether oxygens (including phenoxy) is 1. The van der Waals surface area contributed by atoms with Crippen LogP contribution in [0.1, 0.15) is 27.2 Å². The first-order valence-corrected chi connectivity index (χ1v) is 8.11. The topological polar surface area (TPSA) is 36.9 Å². The second kappa shape index (κ2) is 8.07. The standard InChI is InChI=1S/C13H28O4Si/c1-12(2)10-17-11-13(3,4)8-9-18(14-5,15-6)16-7/h1,8-11H2,2-7H3. The van der Waals surface area contributed by atoms with Gasteiger partial charge in [0.25, 0.3) is 0 Å². The number of hydrogen-bond donors (Lipinski definition) is 0. The molecule has 0 N–H and O–H groups in total. The van der Waals surface area contributed by atoms with Crippen LogP contribution in [0.25, 0.3) is 0 Å². The third-order valence-corrected chi connectivity index (χ3v) is 5.61. The van der Waals surface area contributed by atoms with Gasteiger partial charge >= 0.3 is 8.80 Å². The van der Waals surface area contributed by atoms with Gasteiger partial charge in [-0.1, -0.05) is 26.0 Å². The maximum Gasteiger partial charge on any atom is 0.500 e. The molecule has 0 rings (SSSR count). The average molecular weight is 276 g/mol. The molecule has 18 heavy (non-hydrogen) atoms. The fourth-order valence-corrected chi connectivity index (χ4v) is 3.72. The average Bonchev–Trinajstić information content (AvgIpc) is 2.31. The van der Waals surface area contributed by atoms with E-state index in [2.05, 4.69) is 20.4 Å². The van der Waals surface area contributed by atoms with Crippen LogP contribution in [0, 0.1) is 5.41 Å². The van der Waals surface area contributed by atoms with Crippen LogP contribution >= 0.6 is 0 Å². The van der Waals surface area contributed by atoms with Gasteiger partial charge in [0, 0.05) is 27.4 Å². The Labute approximate surface area is 113 Å². The highest BCUT2D eigenvalue weighted by Crippen LogP contribution is 2.28. The van der Waals surface area contributed by atoms with E-state index in [9.17, 15) is 0 Å². The van der Waals surface area contributed by atoms with E-state index in [1.165, 1.54) is 0 Å². The van der Waals surface area contributed by atoms with Crippen molar-refractivity contribution in [1.82, 2.24) is 0 Å². The largest absolute Gasteiger partial charge is 0.500 e. The lowest BCUT2D eigenvalue weighted by molar-refractivity contribution is 0.0669. The first-order valence-electron chi connectivity index (χ1n) is 6.18. The Bertz CT molecular complexity index is 241. The van der Waals surface area contributed by atoms with Crippen LogP contribution in [0.2, 0.25) is 6.04 Å². The van der Waals surface area contributed by atoms with E-state index in [4.69, 9.17) is 18.0 Å². The molecule has 0 aromatic carbocycles. The van der Waals surface area contributed by atoms with Crippen molar-refractivity contribution in [3.8, 4) is 0 Å². The second-order valence-electron chi connectivity index (χ2n) is 5.41. The Kier molecular flexibility index (Phi) is 7.97. The molecule has 0 aliphatic heterocycles. The second-order valence-corrected chi connectivity index (χ2v) is 8.50. The molecule has 0 saturated heterocycles. The summed E-state index contributed by atoms with van der Waals surface area (Å²) in [6.45, 7) is 11.4. The van der Waals surface area contributed by atoms with Crippen LogP contribution in [-0.4, -0.2) is 43.3 Å². The number of rotatable bonds is 10. The van der Waals surface area contributed by atoms with Crippen LogP contribution in [-0.2, 0) is 18.0 Å². The molecule has 0 bridgehead atoms. The molecule has 0 aromatic heterocycles. The summed E-state index contributed by atoms with van der Waals surface area (Å²) in [4.78, 5) is 0. The van der Waals surface area contributed by atoms with Crippen molar-refractivity contribution in [1.29, 1.82) is 0 Å². The first kappa shape index (κ1) is 17.8. The predicted molar refractivity (Wildman–Crippen MR) is 75.6 cm³/mol. The lowest BCUT2D eigenvalue weighted by atomic mass is 9.91. The SMILES string of the molecule is C=C(C)COCC(C)(C)CC[Si](OC)(OC)OC. The van der Waals surface area contributed by atoms with Gasteiger partial charge in [0.05, 0.1) is 13.2 Å². The Balaban J connectivity index is 4.19. The fraction of sp³-hybridized carbons (Fsp3) is 0.846. The molecule has 0 fully saturated rings. The van der Waals surface area contributed by atoms with Crippen LogP contribution in [0.4, 0.5) is 0 Å². The highest BCUT2D eigenvalue weighted by Gasteiger charge is 2.39. The van der Waals surface area contributed by atoms with Crippen molar-refractivity contribution >= 4 is 8.80 Å². The van der Waals surface area contributed by atoms with Crippen LogP contribution in [0.3, 0.4) is 0 Å². The van der Waals surface area contributed by atoms with E-state index >= 15 is 0 Å². The molecular weight excluding hydrogens is 248 g/mol. The maximum absolute atomic E-state index is 5.62. The van der Waals surface area contributed by atoms with Gasteiger partial charge in [-0.15, -0.1) is 0 Å². The molecule has 0 atom stereocenters. The molecule has 0 aromatic rings. The maximum atomic E-state index is 5.62. The van der Waals surface area contributed by atoms with Crippen LogP contribution in [0.5, 0.6) is 0 Å². The van der Waals surface area contributed by atoms with E-state index in [-0.39, 0.29) is 5.41 Å². The summed E-state index contributed by atoms with van der Waals surface area (Å²) in [5.74, 6) is 0. The van der Waals surface area contributed by atoms with Gasteiger partial charge in [0.1, 0.15) is 0 Å². The molecule has 4 nitrogen and oxygen atoms in total. The molecule has 0 heterocycles. The minimum atomic E-state index is -2.46. The van der Waals surface area contributed by atoms with Crippen molar-refractivity contribution in [2.75, 3.05) is 34.5 Å². The zero-order valence-corrected chi connectivity index (χ0v) is 13.7. The zero-order chi connectivity index (χ0) is 14.2. The molecule has 0 amide bonds. The van der Waals surface area contributed by atoms with E-state index < -0.39 is 8.80 Å². The van der Waals surface area contributed by atoms with Crippen molar-refractivity contribution in [3.05, 3.63) is 12.2 Å². The third-order valence-electron chi connectivity index (χ3n) is 2.88. The summed E-state index contributed by atoms with van der Waals surface area (Å²) in [5, 5.41) is 0. The summed E-state index contributed by atoms with van der Waals surface area (Å²) in [6, 6.07) is 0.792. The zero-order valence-electron chi connectivity index (χ0n) is 12.7. The lowest BCUT2D eigenvalue weighted by Crippen LogP contribution is -2.43. The molecular formula is C13H28O4Si. The van der Waals surface area contributed by atoms with Crippen molar-refractivity contribution in [2.24, 2.45) is 5.41 Å². The minimum Gasteiger partial charge on any atom is -0.377 e. The summed E-state index contributed by atoms with van der Waals surface area (Å²) < 4.78 is 21.9. The van der Waals surface area contributed by atoms with Crippen molar-refractivity contribution < 1.29 is 18.0 Å². The van der Waals surface area contributed by atoms with E-state index in [1.807, 2.05) is 6.92 Å². The highest BCUT2D eigenvalue weighted by molar-refractivity contribution is 6.60. The molecule has 5 heteroatoms. The smallest absolute Gasteiger partial charge is 0.377 e. The molecule has 0 radical (unpaired) electrons. The minimum absolute atomic E-state index is 0.0727. The summed E-state index contributed by atoms with van der Waals surface area (Å²) in [5.41, 5.74) is 1.11. The molecule has 0 aliphatic rings. The van der Waals surface area contributed by atoms with Gasteiger partial charge in [0.2, 0.25) is 0 Å². The van der Waals surface area contributed by atoms with Gasteiger partial charge in [-0.05, 0) is 18.8 Å². The predicted octanol–water partition coefficient (Wildman–Crippen LogP) is 2.87. The van der Waals surface area contributed by atoms with Gasteiger partial charge in [-0.2, -0.15) is 0 Å². The molecule has 0 spiro atoms. The van der Waals surface area contributed by atoms with Gasteiger partial charge in [-0.25, -0.2) is 0 Å². The molecule has 0 unspecified atom stereocenters. The fourth-order valence-electron chi connectivity index (χ4n) is 1.62. The summed E-state index contributed by atoms with van der Waals surface area (Å²) >= 11 is 0. The molecule has 108 valence electrons. The Morgan fingerprint density at radius 1 is 1.11 bits per heavy atom. The normalized spacial score (nSPS) is 12.8. The monoisotopic (exact) mass is 276 g/mol. The van der Waals surface area contributed by atoms with E-state index in [0.29, 0.717) is 13.2 Å². The van der Waals surface area contributed by atoms with Gasteiger partial charge < -0.3 is 18.0 Å². The van der Waals surface area contributed by atoms with Gasteiger partial charge in [0.15, 0.2) is 0 Å². The number of hydrogen-bond acceptors (Lipinski definition) is 4. The molecule has 0 aliphatic carbocycles. The van der Waals surface area contributed by atoms with Crippen molar-refractivity contribution in [3.63, 3.8) is 0 Å². The quantitative estimate of drug-likeness (QED) is 0.454.